The van der Waals surface area contributed by atoms with E-state index in [0.29, 0.717) is 23.8 Å². The fourth-order valence-electron chi connectivity index (χ4n) is 3.29. The van der Waals surface area contributed by atoms with Crippen molar-refractivity contribution in [2.24, 2.45) is 0 Å². The molecular formula is C23H21Cl2N3O6. The molecule has 0 saturated heterocycles. The molecule has 1 unspecified atom stereocenters. The van der Waals surface area contributed by atoms with E-state index >= 15 is 0 Å². The summed E-state index contributed by atoms with van der Waals surface area (Å²) in [7, 11) is 0. The summed E-state index contributed by atoms with van der Waals surface area (Å²) in [5, 5.41) is 14.2. The highest BCUT2D eigenvalue weighted by atomic mass is 35.5. The third kappa shape index (κ3) is 6.06. The van der Waals surface area contributed by atoms with Crippen LogP contribution in [0.1, 0.15) is 24.3 Å². The summed E-state index contributed by atoms with van der Waals surface area (Å²) in [6.45, 7) is 2.23. The van der Waals surface area contributed by atoms with Gasteiger partial charge in [-0.2, -0.15) is 0 Å². The van der Waals surface area contributed by atoms with Crippen molar-refractivity contribution in [3.8, 4) is 5.75 Å². The maximum atomic E-state index is 13.5. The van der Waals surface area contributed by atoms with Gasteiger partial charge in [0.1, 0.15) is 23.4 Å². The number of nitro benzene ring substituents is 1. The zero-order valence-corrected chi connectivity index (χ0v) is 19.6. The third-order valence-corrected chi connectivity index (χ3v) is 5.39. The van der Waals surface area contributed by atoms with Crippen molar-refractivity contribution < 1.29 is 23.7 Å². The minimum atomic E-state index is -1.34. The lowest BCUT2D eigenvalue weighted by Crippen LogP contribution is -2.41. The normalized spacial score (nSPS) is 11.5. The molecule has 3 rings (SSSR count). The number of non-ortho nitro benzene ring substituents is 1. The standard InChI is InChI=1S/C23H21Cl2N3O6/c1-2-33-17-8-5-15(6-9-17)26-23(30)22(19-12-16(28(31)32)7-10-20(19)25)27(21(29)13-24)14-18-4-3-11-34-18/h3-12,22H,2,13-14H2,1H3,(H,26,30). The fraction of sp³-hybridized carbons (Fsp3) is 0.217. The fourth-order valence-corrected chi connectivity index (χ4v) is 3.66. The molecule has 178 valence electrons. The molecule has 9 nitrogen and oxygen atoms in total. The molecule has 34 heavy (non-hydrogen) atoms. The van der Waals surface area contributed by atoms with Crippen LogP contribution in [0.5, 0.6) is 5.75 Å². The van der Waals surface area contributed by atoms with Crippen LogP contribution in [0, 0.1) is 10.1 Å². The van der Waals surface area contributed by atoms with E-state index in [0.717, 1.165) is 0 Å². The van der Waals surface area contributed by atoms with Crippen molar-refractivity contribution in [2.75, 3.05) is 17.8 Å². The highest BCUT2D eigenvalue weighted by Gasteiger charge is 2.34. The quantitative estimate of drug-likeness (QED) is 0.230. The number of nitro groups is 1. The topological polar surface area (TPSA) is 115 Å². The van der Waals surface area contributed by atoms with Gasteiger partial charge >= 0.3 is 0 Å². The van der Waals surface area contributed by atoms with Crippen LogP contribution in [-0.2, 0) is 16.1 Å². The number of ether oxygens (including phenoxy) is 1. The van der Waals surface area contributed by atoms with E-state index in [1.807, 2.05) is 6.92 Å². The number of halogens is 2. The molecule has 1 heterocycles. The molecule has 0 aliphatic carbocycles. The van der Waals surface area contributed by atoms with Gasteiger partial charge in [0.05, 0.1) is 24.3 Å². The van der Waals surface area contributed by atoms with E-state index in [4.69, 9.17) is 32.4 Å². The largest absolute Gasteiger partial charge is 0.494 e. The first-order valence-electron chi connectivity index (χ1n) is 10.2. The summed E-state index contributed by atoms with van der Waals surface area (Å²) in [6.07, 6.45) is 1.42. The number of nitrogens with zero attached hydrogens (tertiary/aromatic N) is 2. The SMILES string of the molecule is CCOc1ccc(NC(=O)C(c2cc([N+](=O)[O-])ccc2Cl)N(Cc2ccco2)C(=O)CCl)cc1. The van der Waals surface area contributed by atoms with Crippen LogP contribution in [0.3, 0.4) is 0 Å². The molecule has 2 aromatic carbocycles. The third-order valence-electron chi connectivity index (χ3n) is 4.82. The highest BCUT2D eigenvalue weighted by molar-refractivity contribution is 6.32. The van der Waals surface area contributed by atoms with Crippen LogP contribution >= 0.6 is 23.2 Å². The number of hydrogen-bond donors (Lipinski definition) is 1. The smallest absolute Gasteiger partial charge is 0.269 e. The van der Waals surface area contributed by atoms with Gasteiger partial charge in [0.2, 0.25) is 5.91 Å². The summed E-state index contributed by atoms with van der Waals surface area (Å²) in [4.78, 5) is 38.3. The molecule has 2 amide bonds. The van der Waals surface area contributed by atoms with Crippen LogP contribution < -0.4 is 10.1 Å². The highest BCUT2D eigenvalue weighted by Crippen LogP contribution is 2.33. The number of benzene rings is 2. The molecule has 0 aliphatic rings. The molecular weight excluding hydrogens is 485 g/mol. The van der Waals surface area contributed by atoms with E-state index in [-0.39, 0.29) is 22.8 Å². The van der Waals surface area contributed by atoms with Crippen molar-refractivity contribution in [2.45, 2.75) is 19.5 Å². The molecule has 0 spiro atoms. The number of carbonyl (C=O) groups is 2. The van der Waals surface area contributed by atoms with Gasteiger partial charge in [0, 0.05) is 28.4 Å². The summed E-state index contributed by atoms with van der Waals surface area (Å²) in [5.74, 6) is -0.654. The predicted molar refractivity (Wildman–Crippen MR) is 127 cm³/mol. The molecule has 1 aromatic heterocycles. The summed E-state index contributed by atoms with van der Waals surface area (Å²) < 4.78 is 10.8. The predicted octanol–water partition coefficient (Wildman–Crippen LogP) is 5.19. The lowest BCUT2D eigenvalue weighted by atomic mass is 10.0. The van der Waals surface area contributed by atoms with Gasteiger partial charge in [-0.25, -0.2) is 0 Å². The lowest BCUT2D eigenvalue weighted by molar-refractivity contribution is -0.384. The Bertz CT molecular complexity index is 1150. The van der Waals surface area contributed by atoms with Gasteiger partial charge in [-0.15, -0.1) is 11.6 Å². The van der Waals surface area contributed by atoms with Crippen LogP contribution in [0.4, 0.5) is 11.4 Å². The molecule has 0 fully saturated rings. The average molecular weight is 506 g/mol. The summed E-state index contributed by atoms with van der Waals surface area (Å²) in [6, 6.07) is 12.2. The second kappa shape index (κ2) is 11.5. The van der Waals surface area contributed by atoms with Crippen molar-refractivity contribution >= 4 is 46.4 Å². The second-order valence-corrected chi connectivity index (χ2v) is 7.72. The number of furan rings is 1. The average Bonchev–Trinajstić information content (AvgIpc) is 3.34. The Balaban J connectivity index is 2.04. The Morgan fingerprint density at radius 1 is 1.21 bits per heavy atom. The Labute approximate surface area is 205 Å². The minimum absolute atomic E-state index is 0.0734. The monoisotopic (exact) mass is 505 g/mol. The minimum Gasteiger partial charge on any atom is -0.494 e. The number of alkyl halides is 1. The summed E-state index contributed by atoms with van der Waals surface area (Å²) >= 11 is 12.2. The maximum absolute atomic E-state index is 13.5. The van der Waals surface area contributed by atoms with Crippen LogP contribution in [0.2, 0.25) is 5.02 Å². The Morgan fingerprint density at radius 3 is 2.53 bits per heavy atom. The number of amides is 2. The van der Waals surface area contributed by atoms with Gasteiger partial charge in [-0.05, 0) is 49.4 Å². The van der Waals surface area contributed by atoms with Gasteiger partial charge in [-0.1, -0.05) is 11.6 Å². The zero-order valence-electron chi connectivity index (χ0n) is 18.1. The number of hydrogen-bond acceptors (Lipinski definition) is 6. The number of anilines is 1. The van der Waals surface area contributed by atoms with E-state index in [1.54, 1.807) is 36.4 Å². The van der Waals surface area contributed by atoms with Crippen LogP contribution in [0.15, 0.2) is 65.3 Å². The lowest BCUT2D eigenvalue weighted by Gasteiger charge is -2.30. The first-order chi connectivity index (χ1) is 16.3. The number of nitrogens with one attached hydrogen (secondary N) is 1. The molecule has 1 atom stereocenters. The van der Waals surface area contributed by atoms with E-state index < -0.39 is 28.7 Å². The Morgan fingerprint density at radius 2 is 1.94 bits per heavy atom. The molecule has 3 aromatic rings. The van der Waals surface area contributed by atoms with E-state index in [1.165, 1.54) is 29.4 Å². The van der Waals surface area contributed by atoms with Gasteiger partial charge in [0.15, 0.2) is 0 Å². The van der Waals surface area contributed by atoms with E-state index in [2.05, 4.69) is 5.32 Å². The van der Waals surface area contributed by atoms with Crippen molar-refractivity contribution in [1.29, 1.82) is 0 Å². The van der Waals surface area contributed by atoms with Gasteiger partial charge in [0.25, 0.3) is 11.6 Å². The maximum Gasteiger partial charge on any atom is 0.269 e. The van der Waals surface area contributed by atoms with E-state index in [9.17, 15) is 19.7 Å². The Hall–Kier alpha value is -3.56. The molecule has 0 radical (unpaired) electrons. The van der Waals surface area contributed by atoms with Crippen LogP contribution in [-0.4, -0.2) is 34.1 Å². The van der Waals surface area contributed by atoms with Crippen LogP contribution in [0.25, 0.3) is 0 Å². The number of carbonyl (C=O) groups excluding carboxylic acids is 2. The zero-order chi connectivity index (χ0) is 24.7. The second-order valence-electron chi connectivity index (χ2n) is 7.05. The first kappa shape index (κ1) is 25.1. The van der Waals surface area contributed by atoms with Crippen molar-refractivity contribution in [1.82, 2.24) is 4.90 Å². The first-order valence-corrected chi connectivity index (χ1v) is 11.1. The number of rotatable bonds is 10. The molecule has 1 N–H and O–H groups in total. The van der Waals surface area contributed by atoms with Gasteiger partial charge in [-0.3, -0.25) is 19.7 Å². The molecule has 0 bridgehead atoms. The Kier molecular flexibility index (Phi) is 8.50. The summed E-state index contributed by atoms with van der Waals surface area (Å²) in [5.41, 5.74) is 0.218. The van der Waals surface area contributed by atoms with Crippen molar-refractivity contribution in [3.05, 3.63) is 87.3 Å². The van der Waals surface area contributed by atoms with Gasteiger partial charge < -0.3 is 19.4 Å². The molecule has 0 aliphatic heterocycles. The molecule has 0 saturated carbocycles. The van der Waals surface area contributed by atoms with Crippen molar-refractivity contribution in [3.63, 3.8) is 0 Å². The molecule has 11 heteroatoms.